The van der Waals surface area contributed by atoms with E-state index in [1.807, 2.05) is 0 Å². The lowest BCUT2D eigenvalue weighted by atomic mass is 9.95. The van der Waals surface area contributed by atoms with Crippen LogP contribution in [-0.2, 0) is 9.47 Å². The van der Waals surface area contributed by atoms with Gasteiger partial charge >= 0.3 is 0 Å². The van der Waals surface area contributed by atoms with Gasteiger partial charge in [0.1, 0.15) is 0 Å². The monoisotopic (exact) mass is 240 g/mol. The lowest BCUT2D eigenvalue weighted by Gasteiger charge is -2.41. The highest BCUT2D eigenvalue weighted by molar-refractivity contribution is 4.91. The summed E-state index contributed by atoms with van der Waals surface area (Å²) < 4.78 is 11.4. The average molecular weight is 240 g/mol. The molecule has 0 spiro atoms. The summed E-state index contributed by atoms with van der Waals surface area (Å²) in [6, 6.07) is 0.976. The summed E-state index contributed by atoms with van der Waals surface area (Å²) in [7, 11) is 0. The van der Waals surface area contributed by atoms with E-state index in [1.165, 1.54) is 19.3 Å². The Kier molecular flexibility index (Phi) is 3.66. The third-order valence-electron chi connectivity index (χ3n) is 4.60. The Morgan fingerprint density at radius 2 is 2.12 bits per heavy atom. The second kappa shape index (κ2) is 5.22. The number of nitrogens with two attached hydrogens (primary N) is 1. The second-order valence-electron chi connectivity index (χ2n) is 5.69. The van der Waals surface area contributed by atoms with Crippen LogP contribution in [0.3, 0.4) is 0 Å². The molecule has 4 unspecified atom stereocenters. The number of nitrogens with zero attached hydrogens (tertiary/aromatic N) is 1. The Hall–Kier alpha value is -0.160. The standard InChI is InChI=1S/C13H24N2O2/c14-11-4-6-16-9-10(11)8-15-5-7-17-13-3-1-2-12(13)15/h10-13H,1-9,14H2. The van der Waals surface area contributed by atoms with Crippen molar-refractivity contribution in [3.8, 4) is 0 Å². The third kappa shape index (κ3) is 2.50. The van der Waals surface area contributed by atoms with E-state index in [2.05, 4.69) is 4.90 Å². The van der Waals surface area contributed by atoms with Crippen molar-refractivity contribution < 1.29 is 9.47 Å². The molecule has 98 valence electrons. The summed E-state index contributed by atoms with van der Waals surface area (Å²) in [5.41, 5.74) is 6.20. The molecule has 0 bridgehead atoms. The van der Waals surface area contributed by atoms with E-state index in [4.69, 9.17) is 15.2 Å². The fourth-order valence-electron chi connectivity index (χ4n) is 3.54. The number of rotatable bonds is 2. The van der Waals surface area contributed by atoms with Crippen molar-refractivity contribution in [2.75, 3.05) is 32.9 Å². The van der Waals surface area contributed by atoms with E-state index in [-0.39, 0.29) is 0 Å². The molecule has 0 aromatic rings. The largest absolute Gasteiger partial charge is 0.381 e. The Bertz CT molecular complexity index is 262. The molecule has 3 fully saturated rings. The van der Waals surface area contributed by atoms with Crippen molar-refractivity contribution in [2.45, 2.75) is 43.9 Å². The smallest absolute Gasteiger partial charge is 0.0730 e. The van der Waals surface area contributed by atoms with Gasteiger partial charge < -0.3 is 15.2 Å². The molecule has 1 saturated carbocycles. The summed E-state index contributed by atoms with van der Waals surface area (Å²) in [5.74, 6) is 0.517. The maximum Gasteiger partial charge on any atom is 0.0730 e. The lowest BCUT2D eigenvalue weighted by Crippen LogP contribution is -2.53. The quantitative estimate of drug-likeness (QED) is 0.768. The Labute approximate surface area is 103 Å². The van der Waals surface area contributed by atoms with Crippen molar-refractivity contribution in [2.24, 2.45) is 11.7 Å². The fraction of sp³-hybridized carbons (Fsp3) is 1.00. The minimum Gasteiger partial charge on any atom is -0.381 e. The van der Waals surface area contributed by atoms with Crippen LogP contribution in [0.4, 0.5) is 0 Å². The van der Waals surface area contributed by atoms with Crippen molar-refractivity contribution in [1.82, 2.24) is 4.90 Å². The molecule has 1 aliphatic carbocycles. The molecule has 3 aliphatic rings. The fourth-order valence-corrected chi connectivity index (χ4v) is 3.54. The van der Waals surface area contributed by atoms with Crippen molar-refractivity contribution in [1.29, 1.82) is 0 Å². The normalized spacial score (nSPS) is 43.6. The van der Waals surface area contributed by atoms with Gasteiger partial charge in [0.15, 0.2) is 0 Å². The summed E-state index contributed by atoms with van der Waals surface area (Å²) in [5, 5.41) is 0. The second-order valence-corrected chi connectivity index (χ2v) is 5.69. The van der Waals surface area contributed by atoms with Gasteiger partial charge in [-0.15, -0.1) is 0 Å². The highest BCUT2D eigenvalue weighted by Gasteiger charge is 2.37. The molecule has 0 aromatic heterocycles. The van der Waals surface area contributed by atoms with Crippen LogP contribution in [0.5, 0.6) is 0 Å². The van der Waals surface area contributed by atoms with Gasteiger partial charge in [0.25, 0.3) is 0 Å². The van der Waals surface area contributed by atoms with Gasteiger partial charge in [-0.05, 0) is 25.7 Å². The SMILES string of the molecule is NC1CCOCC1CN1CCOC2CCCC21. The maximum atomic E-state index is 6.20. The highest BCUT2D eigenvalue weighted by atomic mass is 16.5. The van der Waals surface area contributed by atoms with Crippen molar-refractivity contribution in [3.05, 3.63) is 0 Å². The maximum absolute atomic E-state index is 6.20. The molecule has 17 heavy (non-hydrogen) atoms. The number of fused-ring (bicyclic) bond motifs is 1. The zero-order valence-electron chi connectivity index (χ0n) is 10.5. The highest BCUT2D eigenvalue weighted by Crippen LogP contribution is 2.30. The topological polar surface area (TPSA) is 47.7 Å². The first kappa shape index (κ1) is 11.9. The summed E-state index contributed by atoms with van der Waals surface area (Å²) >= 11 is 0. The Morgan fingerprint density at radius 3 is 3.00 bits per heavy atom. The first-order valence-corrected chi connectivity index (χ1v) is 7.03. The molecular weight excluding hydrogens is 216 g/mol. The van der Waals surface area contributed by atoms with Crippen LogP contribution in [0.1, 0.15) is 25.7 Å². The molecule has 2 heterocycles. The molecule has 0 radical (unpaired) electrons. The molecule has 3 rings (SSSR count). The van der Waals surface area contributed by atoms with Crippen LogP contribution in [0.25, 0.3) is 0 Å². The van der Waals surface area contributed by atoms with Crippen LogP contribution in [0.15, 0.2) is 0 Å². The van der Waals surface area contributed by atoms with Crippen LogP contribution >= 0.6 is 0 Å². The van der Waals surface area contributed by atoms with E-state index >= 15 is 0 Å². The minimum atomic E-state index is 0.325. The average Bonchev–Trinajstić information content (AvgIpc) is 2.81. The van der Waals surface area contributed by atoms with Crippen molar-refractivity contribution >= 4 is 0 Å². The first-order chi connectivity index (χ1) is 8.34. The summed E-state index contributed by atoms with van der Waals surface area (Å²) in [6.07, 6.45) is 5.37. The molecule has 4 nitrogen and oxygen atoms in total. The molecule has 0 amide bonds. The third-order valence-corrected chi connectivity index (χ3v) is 4.60. The van der Waals surface area contributed by atoms with Crippen LogP contribution in [0.2, 0.25) is 0 Å². The first-order valence-electron chi connectivity index (χ1n) is 7.03. The van der Waals surface area contributed by atoms with Gasteiger partial charge in [0.2, 0.25) is 0 Å². The zero-order chi connectivity index (χ0) is 11.7. The predicted molar refractivity (Wildman–Crippen MR) is 65.9 cm³/mol. The van der Waals surface area contributed by atoms with Gasteiger partial charge in [0.05, 0.1) is 19.3 Å². The molecule has 4 atom stereocenters. The van der Waals surface area contributed by atoms with E-state index in [0.717, 1.165) is 39.3 Å². The summed E-state index contributed by atoms with van der Waals surface area (Å²) in [6.45, 7) is 4.75. The summed E-state index contributed by atoms with van der Waals surface area (Å²) in [4.78, 5) is 2.61. The van der Waals surface area contributed by atoms with E-state index < -0.39 is 0 Å². The minimum absolute atomic E-state index is 0.325. The predicted octanol–water partition coefficient (Wildman–Crippen LogP) is 0.603. The molecule has 2 N–H and O–H groups in total. The van der Waals surface area contributed by atoms with Crippen LogP contribution < -0.4 is 5.73 Å². The number of morpholine rings is 1. The van der Waals surface area contributed by atoms with Crippen molar-refractivity contribution in [3.63, 3.8) is 0 Å². The van der Waals surface area contributed by atoms with Gasteiger partial charge in [-0.3, -0.25) is 4.90 Å². The molecule has 4 heteroatoms. The van der Waals surface area contributed by atoms with Gasteiger partial charge in [-0.1, -0.05) is 0 Å². The van der Waals surface area contributed by atoms with E-state index in [0.29, 0.717) is 24.1 Å². The Balaban J connectivity index is 1.59. The van der Waals surface area contributed by atoms with Crippen LogP contribution in [0, 0.1) is 5.92 Å². The van der Waals surface area contributed by atoms with Crippen LogP contribution in [-0.4, -0.2) is 56.0 Å². The van der Waals surface area contributed by atoms with Gasteiger partial charge in [-0.2, -0.15) is 0 Å². The van der Waals surface area contributed by atoms with E-state index in [9.17, 15) is 0 Å². The molecule has 2 aliphatic heterocycles. The lowest BCUT2D eigenvalue weighted by molar-refractivity contribution is -0.0704. The molecular formula is C13H24N2O2. The number of hydrogen-bond acceptors (Lipinski definition) is 4. The van der Waals surface area contributed by atoms with Gasteiger partial charge in [-0.25, -0.2) is 0 Å². The van der Waals surface area contributed by atoms with E-state index in [1.54, 1.807) is 0 Å². The molecule has 0 aromatic carbocycles. The number of hydrogen-bond donors (Lipinski definition) is 1. The van der Waals surface area contributed by atoms with Gasteiger partial charge in [0, 0.05) is 37.7 Å². The Morgan fingerprint density at radius 1 is 1.18 bits per heavy atom. The zero-order valence-corrected chi connectivity index (χ0v) is 10.5. The molecule has 2 saturated heterocycles. The number of ether oxygens (including phenoxy) is 2.